The highest BCUT2D eigenvalue weighted by molar-refractivity contribution is 6.60. The van der Waals surface area contributed by atoms with Gasteiger partial charge in [-0.1, -0.05) is 0 Å². The van der Waals surface area contributed by atoms with Gasteiger partial charge in [0.15, 0.2) is 0 Å². The van der Waals surface area contributed by atoms with Gasteiger partial charge in [0.25, 0.3) is 0 Å². The second kappa shape index (κ2) is 13.6. The lowest BCUT2D eigenvalue weighted by molar-refractivity contribution is -0.128. The van der Waals surface area contributed by atoms with Crippen molar-refractivity contribution in [3.8, 4) is 0 Å². The van der Waals surface area contributed by atoms with Crippen LogP contribution < -0.4 is 0 Å². The molecule has 3 heterocycles. The van der Waals surface area contributed by atoms with Gasteiger partial charge in [0.2, 0.25) is 0 Å². The number of fused-ring (bicyclic) bond motifs is 6. The maximum Gasteiger partial charge on any atom is 0.680 e. The Hall–Kier alpha value is 0.0738. The minimum absolute atomic E-state index is 0.0131. The maximum atomic E-state index is 6.26. The van der Waals surface area contributed by atoms with Crippen LogP contribution in [0, 0.1) is 0 Å². The molecule has 3 rings (SSSR count). The molecular weight excluding hydrogens is 426 g/mol. The largest absolute Gasteiger partial charge is 0.680 e. The third-order valence-corrected chi connectivity index (χ3v) is 10.5. The van der Waals surface area contributed by atoms with Gasteiger partial charge in [-0.05, 0) is 41.0 Å². The summed E-state index contributed by atoms with van der Waals surface area (Å²) in [5.74, 6) is 0. The molecule has 3 saturated heterocycles. The van der Waals surface area contributed by atoms with Crippen LogP contribution in [0.1, 0.15) is 41.0 Å². The van der Waals surface area contributed by atoms with Crippen LogP contribution in [-0.2, 0) is 35.7 Å². The van der Waals surface area contributed by atoms with Crippen molar-refractivity contribution in [2.45, 2.75) is 59.3 Å². The van der Waals surface area contributed by atoms with Gasteiger partial charge in [-0.15, -0.1) is 0 Å². The Morgan fingerprint density at radius 1 is 0.967 bits per heavy atom. The fourth-order valence-corrected chi connectivity index (χ4v) is 8.61. The lowest BCUT2D eigenvalue weighted by Gasteiger charge is -2.42. The molecule has 11 heteroatoms. The van der Waals surface area contributed by atoms with Crippen LogP contribution in [0.2, 0.25) is 6.04 Å². The summed E-state index contributed by atoms with van der Waals surface area (Å²) in [6.45, 7) is 16.2. The van der Waals surface area contributed by atoms with Crippen molar-refractivity contribution in [3.63, 3.8) is 0 Å². The smallest absolute Gasteiger partial charge is 0.379 e. The Balaban J connectivity index is 1.85. The predicted octanol–water partition coefficient (Wildman–Crippen LogP) is 2.05. The molecule has 0 aromatic rings. The average molecular weight is 468 g/mol. The summed E-state index contributed by atoms with van der Waals surface area (Å²) >= 11 is 0. The molecule has 0 aliphatic carbocycles. The molecule has 30 heavy (non-hydrogen) atoms. The number of hydrogen-bond donors (Lipinski definition) is 0. The molecule has 3 fully saturated rings. The monoisotopic (exact) mass is 467 g/mol. The van der Waals surface area contributed by atoms with Gasteiger partial charge in [0.05, 0.1) is 25.4 Å². The van der Waals surface area contributed by atoms with Gasteiger partial charge >= 0.3 is 17.9 Å². The first-order valence-corrected chi connectivity index (χ1v) is 14.9. The summed E-state index contributed by atoms with van der Waals surface area (Å²) in [5.41, 5.74) is 0. The number of nitrogens with zero attached hydrogens (tertiary/aromatic N) is 1. The van der Waals surface area contributed by atoms with Crippen LogP contribution >= 0.6 is 0 Å². The molecule has 178 valence electrons. The van der Waals surface area contributed by atoms with Gasteiger partial charge < -0.3 is 35.7 Å². The SMILES string of the molecule is CCO[Si](CCCOCC1CN2CCO[Si](OCC)(OC(C)C2)O1)(OCC)OCC. The molecule has 0 saturated carbocycles. The van der Waals surface area contributed by atoms with E-state index < -0.39 is 17.9 Å². The lowest BCUT2D eigenvalue weighted by atomic mass is 10.3. The minimum Gasteiger partial charge on any atom is -0.379 e. The van der Waals surface area contributed by atoms with Crippen molar-refractivity contribution < 1.29 is 35.7 Å². The van der Waals surface area contributed by atoms with Crippen LogP contribution in [-0.4, -0.2) is 101 Å². The first-order valence-electron chi connectivity index (χ1n) is 11.4. The third kappa shape index (κ3) is 8.21. The molecule has 0 spiro atoms. The van der Waals surface area contributed by atoms with E-state index in [4.69, 9.17) is 35.7 Å². The Bertz CT molecular complexity index is 461. The Labute approximate surface area is 184 Å². The summed E-state index contributed by atoms with van der Waals surface area (Å²) in [7, 11) is -5.77. The topological polar surface area (TPSA) is 77.1 Å². The molecule has 0 radical (unpaired) electrons. The van der Waals surface area contributed by atoms with E-state index in [-0.39, 0.29) is 12.2 Å². The van der Waals surface area contributed by atoms with Gasteiger partial charge in [-0.3, -0.25) is 4.90 Å². The van der Waals surface area contributed by atoms with E-state index in [0.29, 0.717) is 46.2 Å². The van der Waals surface area contributed by atoms with E-state index in [2.05, 4.69) is 4.90 Å². The second-order valence-electron chi connectivity index (χ2n) is 7.37. The van der Waals surface area contributed by atoms with Crippen LogP contribution in [0.4, 0.5) is 0 Å². The number of rotatable bonds is 14. The van der Waals surface area contributed by atoms with E-state index >= 15 is 0 Å². The quantitative estimate of drug-likeness (QED) is 0.282. The Morgan fingerprint density at radius 3 is 2.30 bits per heavy atom. The zero-order chi connectivity index (χ0) is 21.9. The Kier molecular flexibility index (Phi) is 11.9. The molecule has 0 amide bonds. The summed E-state index contributed by atoms with van der Waals surface area (Å²) in [6, 6.07) is 0.738. The second-order valence-corrected chi connectivity index (χ2v) is 12.2. The Morgan fingerprint density at radius 2 is 1.67 bits per heavy atom. The van der Waals surface area contributed by atoms with Crippen molar-refractivity contribution >= 4 is 17.9 Å². The zero-order valence-corrected chi connectivity index (χ0v) is 21.4. The van der Waals surface area contributed by atoms with Gasteiger partial charge in [0.1, 0.15) is 0 Å². The van der Waals surface area contributed by atoms with Gasteiger partial charge in [0, 0.05) is 58.7 Å². The molecule has 2 bridgehead atoms. The molecule has 0 aromatic heterocycles. The van der Waals surface area contributed by atoms with Crippen molar-refractivity contribution in [1.29, 1.82) is 0 Å². The third-order valence-electron chi connectivity index (χ3n) is 4.81. The lowest BCUT2D eigenvalue weighted by Crippen LogP contribution is -2.62. The highest BCUT2D eigenvalue weighted by Gasteiger charge is 2.52. The van der Waals surface area contributed by atoms with E-state index in [1.165, 1.54) is 0 Å². The highest BCUT2D eigenvalue weighted by Crippen LogP contribution is 2.24. The molecular formula is C19H41NO8Si2. The summed E-state index contributed by atoms with van der Waals surface area (Å²) in [5, 5.41) is 0. The molecule has 3 aliphatic rings. The fraction of sp³-hybridized carbons (Fsp3) is 1.00. The highest BCUT2D eigenvalue weighted by atomic mass is 28.4. The van der Waals surface area contributed by atoms with E-state index in [1.54, 1.807) is 0 Å². The van der Waals surface area contributed by atoms with Crippen LogP contribution in [0.5, 0.6) is 0 Å². The fourth-order valence-electron chi connectivity index (χ4n) is 3.81. The van der Waals surface area contributed by atoms with Crippen molar-refractivity contribution in [1.82, 2.24) is 4.90 Å². The summed E-state index contributed by atoms with van der Waals surface area (Å²) in [6.07, 6.45) is 0.670. The number of hydrogen-bond acceptors (Lipinski definition) is 9. The van der Waals surface area contributed by atoms with Crippen LogP contribution in [0.15, 0.2) is 0 Å². The van der Waals surface area contributed by atoms with E-state index in [9.17, 15) is 0 Å². The molecule has 0 N–H and O–H groups in total. The summed E-state index contributed by atoms with van der Waals surface area (Å²) in [4.78, 5) is 2.30. The average Bonchev–Trinajstić information content (AvgIpc) is 2.65. The van der Waals surface area contributed by atoms with Crippen molar-refractivity contribution in [2.24, 2.45) is 0 Å². The van der Waals surface area contributed by atoms with E-state index in [1.807, 2.05) is 34.6 Å². The normalized spacial score (nSPS) is 30.1. The molecule has 4 unspecified atom stereocenters. The van der Waals surface area contributed by atoms with Crippen molar-refractivity contribution in [3.05, 3.63) is 0 Å². The molecule has 9 nitrogen and oxygen atoms in total. The van der Waals surface area contributed by atoms with Crippen molar-refractivity contribution in [2.75, 3.05) is 65.9 Å². The molecule has 4 atom stereocenters. The number of ether oxygens (including phenoxy) is 1. The first kappa shape index (κ1) is 26.3. The predicted molar refractivity (Wildman–Crippen MR) is 116 cm³/mol. The van der Waals surface area contributed by atoms with Crippen LogP contribution in [0.3, 0.4) is 0 Å². The van der Waals surface area contributed by atoms with Gasteiger partial charge in [-0.25, -0.2) is 0 Å². The maximum absolute atomic E-state index is 6.26. The first-order chi connectivity index (χ1) is 14.5. The standard InChI is InChI=1S/C19H41NO8Si2/c1-6-22-29(23-7-2,24-8-3)14-10-12-21-17-19-16-20-11-13-26-30(28-19,25-9-4)27-18(5)15-20/h18-19H,6-17H2,1-5H3. The van der Waals surface area contributed by atoms with Crippen LogP contribution in [0.25, 0.3) is 0 Å². The van der Waals surface area contributed by atoms with Gasteiger partial charge in [-0.2, -0.15) is 0 Å². The zero-order valence-electron chi connectivity index (χ0n) is 19.4. The van der Waals surface area contributed by atoms with E-state index in [0.717, 1.165) is 32.1 Å². The molecule has 3 aliphatic heterocycles. The summed E-state index contributed by atoms with van der Waals surface area (Å²) < 4.78 is 47.9. The molecule has 0 aromatic carbocycles. The minimum atomic E-state index is -3.14.